The topological polar surface area (TPSA) is 28.6 Å². The molecule has 4 nitrogen and oxygen atoms in total. The number of likely N-dealkylation sites (N-methyl/N-ethyl adjacent to an activating group) is 1. The summed E-state index contributed by atoms with van der Waals surface area (Å²) < 4.78 is 6.02. The average molecular weight is 289 g/mol. The first-order valence-electron chi connectivity index (χ1n) is 8.38. The molecule has 1 atom stereocenters. The summed E-state index contributed by atoms with van der Waals surface area (Å²) in [6.07, 6.45) is 8.97. The highest BCUT2D eigenvalue weighted by atomic mass is 16.5. The molecule has 0 saturated carbocycles. The van der Waals surface area contributed by atoms with Crippen LogP contribution in [-0.4, -0.2) is 59.7 Å². The Bertz CT molecular complexity index is 417. The molecule has 0 radical (unpaired) electrons. The van der Waals surface area contributed by atoms with Gasteiger partial charge in [-0.25, -0.2) is 0 Å². The number of hydrogen-bond acceptors (Lipinski definition) is 4. The van der Waals surface area contributed by atoms with Crippen molar-refractivity contribution in [1.29, 1.82) is 0 Å². The summed E-state index contributed by atoms with van der Waals surface area (Å²) in [5.74, 6) is 0.906. The Kier molecular flexibility index (Phi) is 5.09. The second-order valence-electron chi connectivity index (χ2n) is 6.23. The van der Waals surface area contributed by atoms with Gasteiger partial charge in [0.1, 0.15) is 11.9 Å². The molecule has 0 spiro atoms. The Morgan fingerprint density at radius 1 is 1.24 bits per heavy atom. The second kappa shape index (κ2) is 7.23. The van der Waals surface area contributed by atoms with E-state index in [9.17, 15) is 0 Å². The van der Waals surface area contributed by atoms with E-state index in [1.165, 1.54) is 45.6 Å². The molecule has 1 aromatic rings. The normalized spacial score (nSPS) is 25.3. The molecular weight excluding hydrogens is 262 g/mol. The lowest BCUT2D eigenvalue weighted by Gasteiger charge is -2.35. The monoisotopic (exact) mass is 289 g/mol. The quantitative estimate of drug-likeness (QED) is 0.832. The molecule has 0 aliphatic carbocycles. The SMILES string of the molecule is CCN1CCCC1CN1CCC(Oc2cccnc2)CC1. The summed E-state index contributed by atoms with van der Waals surface area (Å²) >= 11 is 0. The maximum absolute atomic E-state index is 6.02. The number of aromatic nitrogens is 1. The molecule has 4 heteroatoms. The zero-order valence-electron chi connectivity index (χ0n) is 13.1. The lowest BCUT2D eigenvalue weighted by molar-refractivity contribution is 0.0836. The Labute approximate surface area is 128 Å². The van der Waals surface area contributed by atoms with Crippen LogP contribution < -0.4 is 4.74 Å². The van der Waals surface area contributed by atoms with Crippen LogP contribution in [0, 0.1) is 0 Å². The summed E-state index contributed by atoms with van der Waals surface area (Å²) in [5, 5.41) is 0. The van der Waals surface area contributed by atoms with Crippen molar-refractivity contribution in [2.75, 3.05) is 32.7 Å². The van der Waals surface area contributed by atoms with Crippen LogP contribution in [0.3, 0.4) is 0 Å². The highest BCUT2D eigenvalue weighted by molar-refractivity contribution is 5.15. The third kappa shape index (κ3) is 3.95. The molecule has 116 valence electrons. The number of pyridine rings is 1. The van der Waals surface area contributed by atoms with Crippen molar-refractivity contribution < 1.29 is 4.74 Å². The van der Waals surface area contributed by atoms with Crippen molar-refractivity contribution in [2.24, 2.45) is 0 Å². The Balaban J connectivity index is 1.43. The summed E-state index contributed by atoms with van der Waals surface area (Å²) in [4.78, 5) is 9.37. The van der Waals surface area contributed by atoms with Gasteiger partial charge in [-0.15, -0.1) is 0 Å². The van der Waals surface area contributed by atoms with Crippen LogP contribution in [0.5, 0.6) is 5.75 Å². The molecule has 2 saturated heterocycles. The van der Waals surface area contributed by atoms with Crippen molar-refractivity contribution in [3.05, 3.63) is 24.5 Å². The van der Waals surface area contributed by atoms with E-state index in [0.717, 1.165) is 24.6 Å². The Morgan fingerprint density at radius 2 is 2.10 bits per heavy atom. The van der Waals surface area contributed by atoms with Crippen LogP contribution in [-0.2, 0) is 0 Å². The van der Waals surface area contributed by atoms with Crippen LogP contribution in [0.4, 0.5) is 0 Å². The van der Waals surface area contributed by atoms with Gasteiger partial charge in [-0.3, -0.25) is 9.88 Å². The van der Waals surface area contributed by atoms with Crippen LogP contribution in [0.2, 0.25) is 0 Å². The zero-order valence-corrected chi connectivity index (χ0v) is 13.1. The number of nitrogens with zero attached hydrogens (tertiary/aromatic N) is 3. The first kappa shape index (κ1) is 14.8. The highest BCUT2D eigenvalue weighted by Gasteiger charge is 2.27. The van der Waals surface area contributed by atoms with E-state index in [4.69, 9.17) is 4.74 Å². The summed E-state index contributed by atoms with van der Waals surface area (Å²) in [5.41, 5.74) is 0. The minimum Gasteiger partial charge on any atom is -0.489 e. The van der Waals surface area contributed by atoms with Crippen molar-refractivity contribution in [1.82, 2.24) is 14.8 Å². The van der Waals surface area contributed by atoms with Gasteiger partial charge in [0.2, 0.25) is 0 Å². The zero-order chi connectivity index (χ0) is 14.5. The van der Waals surface area contributed by atoms with E-state index in [-0.39, 0.29) is 0 Å². The molecule has 21 heavy (non-hydrogen) atoms. The van der Waals surface area contributed by atoms with Crippen LogP contribution >= 0.6 is 0 Å². The van der Waals surface area contributed by atoms with E-state index < -0.39 is 0 Å². The van der Waals surface area contributed by atoms with Gasteiger partial charge in [0.05, 0.1) is 6.20 Å². The molecule has 2 aliphatic rings. The van der Waals surface area contributed by atoms with Gasteiger partial charge >= 0.3 is 0 Å². The summed E-state index contributed by atoms with van der Waals surface area (Å²) in [6, 6.07) is 4.71. The van der Waals surface area contributed by atoms with Gasteiger partial charge in [0.25, 0.3) is 0 Å². The average Bonchev–Trinajstić information content (AvgIpc) is 2.97. The van der Waals surface area contributed by atoms with Crippen LogP contribution in [0.1, 0.15) is 32.6 Å². The smallest absolute Gasteiger partial charge is 0.137 e. The predicted molar refractivity (Wildman–Crippen MR) is 84.6 cm³/mol. The number of hydrogen-bond donors (Lipinski definition) is 0. The summed E-state index contributed by atoms with van der Waals surface area (Å²) in [7, 11) is 0. The minimum absolute atomic E-state index is 0.358. The summed E-state index contributed by atoms with van der Waals surface area (Å²) in [6.45, 7) is 8.35. The van der Waals surface area contributed by atoms with Crippen molar-refractivity contribution >= 4 is 0 Å². The molecule has 0 bridgehead atoms. The third-order valence-corrected chi connectivity index (χ3v) is 4.85. The van der Waals surface area contributed by atoms with Crippen molar-refractivity contribution in [2.45, 2.75) is 44.8 Å². The molecule has 3 rings (SSSR count). The van der Waals surface area contributed by atoms with Crippen molar-refractivity contribution in [3.63, 3.8) is 0 Å². The third-order valence-electron chi connectivity index (χ3n) is 4.85. The fourth-order valence-corrected chi connectivity index (χ4v) is 3.64. The van der Waals surface area contributed by atoms with Crippen molar-refractivity contribution in [3.8, 4) is 5.75 Å². The van der Waals surface area contributed by atoms with Gasteiger partial charge in [0.15, 0.2) is 0 Å². The first-order valence-corrected chi connectivity index (χ1v) is 8.38. The minimum atomic E-state index is 0.358. The van der Waals surface area contributed by atoms with E-state index in [1.54, 1.807) is 6.20 Å². The van der Waals surface area contributed by atoms with Gasteiger partial charge < -0.3 is 9.64 Å². The molecule has 0 aromatic carbocycles. The lowest BCUT2D eigenvalue weighted by Crippen LogP contribution is -2.45. The molecule has 1 unspecified atom stereocenters. The van der Waals surface area contributed by atoms with Crippen LogP contribution in [0.25, 0.3) is 0 Å². The number of rotatable bonds is 5. The van der Waals surface area contributed by atoms with Gasteiger partial charge in [-0.1, -0.05) is 6.92 Å². The predicted octanol–water partition coefficient (Wildman–Crippen LogP) is 2.41. The largest absolute Gasteiger partial charge is 0.489 e. The van der Waals surface area contributed by atoms with Crippen LogP contribution in [0.15, 0.2) is 24.5 Å². The standard InChI is InChI=1S/C17H27N3O/c1-2-20-10-4-5-15(20)14-19-11-7-16(8-12-19)21-17-6-3-9-18-13-17/h3,6,9,13,15-16H,2,4-5,7-8,10-12,14H2,1H3. The van der Waals surface area contributed by atoms with E-state index in [2.05, 4.69) is 21.7 Å². The molecule has 3 heterocycles. The fraction of sp³-hybridized carbons (Fsp3) is 0.706. The highest BCUT2D eigenvalue weighted by Crippen LogP contribution is 2.21. The molecule has 2 fully saturated rings. The molecule has 1 aromatic heterocycles. The molecule has 0 amide bonds. The second-order valence-corrected chi connectivity index (χ2v) is 6.23. The van der Waals surface area contributed by atoms with Gasteiger partial charge in [0, 0.05) is 31.9 Å². The number of piperidine rings is 1. The van der Waals surface area contributed by atoms with Gasteiger partial charge in [-0.05, 0) is 50.9 Å². The Morgan fingerprint density at radius 3 is 2.81 bits per heavy atom. The van der Waals surface area contributed by atoms with E-state index in [0.29, 0.717) is 6.10 Å². The first-order chi connectivity index (χ1) is 10.3. The van der Waals surface area contributed by atoms with Gasteiger partial charge in [-0.2, -0.15) is 0 Å². The number of ether oxygens (including phenoxy) is 1. The van der Waals surface area contributed by atoms with E-state index >= 15 is 0 Å². The molecule has 2 aliphatic heterocycles. The lowest BCUT2D eigenvalue weighted by atomic mass is 10.1. The Hall–Kier alpha value is -1.13. The van der Waals surface area contributed by atoms with E-state index in [1.807, 2.05) is 18.3 Å². The molecular formula is C17H27N3O. The maximum atomic E-state index is 6.02. The fourth-order valence-electron chi connectivity index (χ4n) is 3.64. The number of likely N-dealkylation sites (tertiary alicyclic amines) is 2. The molecule has 0 N–H and O–H groups in total. The maximum Gasteiger partial charge on any atom is 0.137 e.